The van der Waals surface area contributed by atoms with E-state index in [9.17, 15) is 0 Å². The molecule has 1 heterocycles. The predicted molar refractivity (Wildman–Crippen MR) is 61.6 cm³/mol. The van der Waals surface area contributed by atoms with E-state index in [1.54, 1.807) is 0 Å². The highest BCUT2D eigenvalue weighted by Gasteiger charge is 2.90. The van der Waals surface area contributed by atoms with Crippen molar-refractivity contribution < 1.29 is 9.31 Å². The van der Waals surface area contributed by atoms with E-state index < -0.39 is 0 Å². The molecular weight excluding hydrogens is 201 g/mol. The second-order valence-corrected chi connectivity index (χ2v) is 6.66. The van der Waals surface area contributed by atoms with Gasteiger partial charge < -0.3 is 15.0 Å². The SMILES string of the molecule is CC[C@H](N)B1O[C@H]2[C@H]3C4C(C[C@@]2(C)O1)[C@]43C. The van der Waals surface area contributed by atoms with Crippen LogP contribution in [0.1, 0.15) is 33.6 Å². The maximum Gasteiger partial charge on any atom is 0.475 e. The standard InChI is InChI=1S/C12H20BNO2/c1-4-7(14)13-15-10-9-8-6(12(8,9)3)5-11(10,2)16-13/h6-10H,4-5,14H2,1-3H3/t6?,7-,8?,9+,10-,11+,12+/m0/s1. The number of fused-ring (bicyclic) bond motifs is 4. The highest BCUT2D eigenvalue weighted by molar-refractivity contribution is 6.47. The molecule has 4 fully saturated rings. The lowest BCUT2D eigenvalue weighted by atomic mass is 9.72. The van der Waals surface area contributed by atoms with Crippen LogP contribution in [0, 0.1) is 23.2 Å². The fraction of sp³-hybridized carbons (Fsp3) is 1.00. The van der Waals surface area contributed by atoms with Crippen LogP contribution in [0.2, 0.25) is 0 Å². The largest absolute Gasteiger partial charge is 0.475 e. The Bertz CT molecular complexity index is 365. The predicted octanol–water partition coefficient (Wildman–Crippen LogP) is 1.21. The van der Waals surface area contributed by atoms with Gasteiger partial charge in [-0.3, -0.25) is 0 Å². The summed E-state index contributed by atoms with van der Waals surface area (Å²) in [5.41, 5.74) is 6.62. The number of hydrogen-bond acceptors (Lipinski definition) is 3. The lowest BCUT2D eigenvalue weighted by Crippen LogP contribution is -2.48. The molecule has 3 nitrogen and oxygen atoms in total. The zero-order valence-corrected chi connectivity index (χ0v) is 10.3. The average molecular weight is 221 g/mol. The molecule has 0 aromatic carbocycles. The van der Waals surface area contributed by atoms with Gasteiger partial charge in [0.15, 0.2) is 0 Å². The summed E-state index contributed by atoms with van der Waals surface area (Å²) in [5.74, 6) is 2.66. The summed E-state index contributed by atoms with van der Waals surface area (Å²) in [7, 11) is -0.164. The van der Waals surface area contributed by atoms with Crippen molar-refractivity contribution in [3.8, 4) is 0 Å². The highest BCUT2D eigenvalue weighted by atomic mass is 16.7. The van der Waals surface area contributed by atoms with E-state index in [0.29, 0.717) is 11.5 Å². The maximum atomic E-state index is 6.12. The van der Waals surface area contributed by atoms with Gasteiger partial charge in [-0.2, -0.15) is 0 Å². The molecule has 0 amide bonds. The van der Waals surface area contributed by atoms with Crippen LogP contribution in [0.15, 0.2) is 0 Å². The van der Waals surface area contributed by atoms with Crippen molar-refractivity contribution in [2.45, 2.75) is 51.3 Å². The summed E-state index contributed by atoms with van der Waals surface area (Å²) in [6, 6.07) is 0. The molecule has 88 valence electrons. The molecule has 0 spiro atoms. The molecule has 7 atom stereocenters. The molecule has 2 unspecified atom stereocenters. The third-order valence-corrected chi connectivity index (χ3v) is 5.88. The van der Waals surface area contributed by atoms with E-state index in [0.717, 1.165) is 24.2 Å². The highest BCUT2D eigenvalue weighted by Crippen LogP contribution is 2.90. The van der Waals surface area contributed by atoms with Crippen molar-refractivity contribution in [3.63, 3.8) is 0 Å². The number of rotatable bonds is 2. The quantitative estimate of drug-likeness (QED) is 0.713. The molecule has 1 aliphatic heterocycles. The van der Waals surface area contributed by atoms with E-state index in [1.165, 1.54) is 6.42 Å². The van der Waals surface area contributed by atoms with Crippen LogP contribution in [0.3, 0.4) is 0 Å². The molecule has 3 aliphatic carbocycles. The summed E-state index contributed by atoms with van der Waals surface area (Å²) in [6.07, 6.45) is 2.42. The van der Waals surface area contributed by atoms with E-state index in [1.807, 2.05) is 0 Å². The first-order chi connectivity index (χ1) is 7.52. The monoisotopic (exact) mass is 221 g/mol. The van der Waals surface area contributed by atoms with Crippen molar-refractivity contribution >= 4 is 7.12 Å². The Morgan fingerprint density at radius 1 is 1.44 bits per heavy atom. The van der Waals surface area contributed by atoms with Gasteiger partial charge in [0.1, 0.15) is 0 Å². The summed E-state index contributed by atoms with van der Waals surface area (Å²) in [5, 5.41) is 0. The van der Waals surface area contributed by atoms with Gasteiger partial charge in [-0.25, -0.2) is 0 Å². The van der Waals surface area contributed by atoms with Gasteiger partial charge in [-0.15, -0.1) is 0 Å². The van der Waals surface area contributed by atoms with Gasteiger partial charge in [0.2, 0.25) is 0 Å². The van der Waals surface area contributed by atoms with Crippen LogP contribution in [-0.2, 0) is 9.31 Å². The number of nitrogens with two attached hydrogens (primary N) is 1. The summed E-state index contributed by atoms with van der Waals surface area (Å²) >= 11 is 0. The lowest BCUT2D eigenvalue weighted by Gasteiger charge is -2.41. The molecule has 0 bridgehead atoms. The van der Waals surface area contributed by atoms with Crippen molar-refractivity contribution in [2.24, 2.45) is 28.9 Å². The van der Waals surface area contributed by atoms with E-state index in [4.69, 9.17) is 15.0 Å². The van der Waals surface area contributed by atoms with Crippen molar-refractivity contribution in [2.75, 3.05) is 0 Å². The van der Waals surface area contributed by atoms with Gasteiger partial charge >= 0.3 is 7.12 Å². The van der Waals surface area contributed by atoms with Crippen LogP contribution < -0.4 is 5.73 Å². The van der Waals surface area contributed by atoms with Gasteiger partial charge in [0.25, 0.3) is 0 Å². The van der Waals surface area contributed by atoms with Crippen LogP contribution >= 0.6 is 0 Å². The van der Waals surface area contributed by atoms with Gasteiger partial charge in [-0.05, 0) is 42.9 Å². The molecule has 1 saturated heterocycles. The minimum Gasteiger partial charge on any atom is -0.404 e. The van der Waals surface area contributed by atoms with Crippen molar-refractivity contribution in [1.82, 2.24) is 0 Å². The normalized spacial score (nSPS) is 62.6. The molecule has 0 radical (unpaired) electrons. The minimum absolute atomic E-state index is 0.0300. The van der Waals surface area contributed by atoms with Gasteiger partial charge in [0.05, 0.1) is 11.7 Å². The lowest BCUT2D eigenvalue weighted by molar-refractivity contribution is -0.0390. The fourth-order valence-corrected chi connectivity index (χ4v) is 4.60. The van der Waals surface area contributed by atoms with Crippen LogP contribution in [0.25, 0.3) is 0 Å². The average Bonchev–Trinajstić information content (AvgIpc) is 2.98. The third-order valence-electron chi connectivity index (χ3n) is 5.88. The Morgan fingerprint density at radius 2 is 2.12 bits per heavy atom. The molecule has 3 saturated carbocycles. The van der Waals surface area contributed by atoms with E-state index in [-0.39, 0.29) is 18.7 Å². The Hall–Kier alpha value is -0.0551. The second kappa shape index (κ2) is 2.52. The zero-order valence-electron chi connectivity index (χ0n) is 10.3. The van der Waals surface area contributed by atoms with Crippen molar-refractivity contribution in [1.29, 1.82) is 0 Å². The van der Waals surface area contributed by atoms with E-state index in [2.05, 4.69) is 20.8 Å². The van der Waals surface area contributed by atoms with Crippen LogP contribution in [0.4, 0.5) is 0 Å². The zero-order chi connectivity index (χ0) is 11.3. The van der Waals surface area contributed by atoms with Gasteiger partial charge in [0, 0.05) is 5.94 Å². The van der Waals surface area contributed by atoms with Crippen LogP contribution in [-0.4, -0.2) is 24.8 Å². The molecule has 0 aromatic rings. The third kappa shape index (κ3) is 0.866. The Balaban J connectivity index is 1.58. The molecule has 4 heteroatoms. The van der Waals surface area contributed by atoms with E-state index >= 15 is 0 Å². The maximum absolute atomic E-state index is 6.12. The first kappa shape index (κ1) is 9.92. The summed E-state index contributed by atoms with van der Waals surface area (Å²) in [6.45, 7) is 6.73. The topological polar surface area (TPSA) is 44.5 Å². The summed E-state index contributed by atoms with van der Waals surface area (Å²) < 4.78 is 12.2. The molecule has 4 aliphatic rings. The Kier molecular flexibility index (Phi) is 1.56. The first-order valence-electron chi connectivity index (χ1n) is 6.61. The fourth-order valence-electron chi connectivity index (χ4n) is 4.60. The summed E-state index contributed by atoms with van der Waals surface area (Å²) in [4.78, 5) is 0. The number of hydrogen-bond donors (Lipinski definition) is 1. The van der Waals surface area contributed by atoms with Gasteiger partial charge in [-0.1, -0.05) is 13.8 Å². The van der Waals surface area contributed by atoms with Crippen LogP contribution in [0.5, 0.6) is 0 Å². The second-order valence-electron chi connectivity index (χ2n) is 6.66. The first-order valence-corrected chi connectivity index (χ1v) is 6.61. The minimum atomic E-state index is -0.164. The Labute approximate surface area is 97.2 Å². The molecule has 2 N–H and O–H groups in total. The molecule has 0 aromatic heterocycles. The smallest absolute Gasteiger partial charge is 0.404 e. The molecule has 16 heavy (non-hydrogen) atoms. The molecule has 4 rings (SSSR count). The van der Waals surface area contributed by atoms with Crippen molar-refractivity contribution in [3.05, 3.63) is 0 Å². The molecular formula is C12H20BNO2. The Morgan fingerprint density at radius 3 is 2.75 bits per heavy atom.